The second-order valence-electron chi connectivity index (χ2n) is 9.02. The molecule has 0 heterocycles. The van der Waals surface area contributed by atoms with E-state index in [9.17, 15) is 35.0 Å². The number of allylic oxidation sites excluding steroid dienone is 2. The summed E-state index contributed by atoms with van der Waals surface area (Å²) in [5.74, 6) is -3.42. The first-order valence-electron chi connectivity index (χ1n) is 9.89. The number of hydrogen-bond acceptors (Lipinski definition) is 9. The topological polar surface area (TPSA) is 154 Å². The minimum Gasteiger partial charge on any atom is -0.511 e. The third kappa shape index (κ3) is 2.46. The summed E-state index contributed by atoms with van der Waals surface area (Å²) in [7, 11) is 1.01. The Hall–Kier alpha value is -3.80. The van der Waals surface area contributed by atoms with Gasteiger partial charge in [0.25, 0.3) is 0 Å². The van der Waals surface area contributed by atoms with Gasteiger partial charge in [-0.05, 0) is 24.5 Å². The normalized spacial score (nSPS) is 31.3. The number of ketones is 2. The van der Waals surface area contributed by atoms with Gasteiger partial charge in [0.1, 0.15) is 23.2 Å². The van der Waals surface area contributed by atoms with E-state index in [1.807, 2.05) is 0 Å². The number of phenolic OH excluding ortho intramolecular Hbond substituents is 1. The van der Waals surface area contributed by atoms with E-state index in [2.05, 4.69) is 4.74 Å². The molecule has 0 fully saturated rings. The van der Waals surface area contributed by atoms with Crippen molar-refractivity contribution in [3.8, 4) is 11.8 Å². The van der Waals surface area contributed by atoms with E-state index in [1.54, 1.807) is 32.0 Å². The summed E-state index contributed by atoms with van der Waals surface area (Å²) in [5.41, 5.74) is -5.16. The van der Waals surface area contributed by atoms with Gasteiger partial charge in [-0.2, -0.15) is 5.26 Å². The molecule has 1 aromatic carbocycles. The molecule has 9 heteroatoms. The van der Waals surface area contributed by atoms with Crippen molar-refractivity contribution in [3.05, 3.63) is 52.0 Å². The molecule has 0 aromatic heterocycles. The third-order valence-corrected chi connectivity index (χ3v) is 6.88. The Kier molecular flexibility index (Phi) is 4.42. The average Bonchev–Trinajstić information content (AvgIpc) is 2.69. The summed E-state index contributed by atoms with van der Waals surface area (Å²) in [4.78, 5) is 39.2. The Balaban J connectivity index is 2.08. The molecule has 0 bridgehead atoms. The number of hydrogen-bond donors (Lipinski definition) is 3. The average molecular weight is 439 g/mol. The second-order valence-corrected chi connectivity index (χ2v) is 9.02. The van der Waals surface area contributed by atoms with Crippen molar-refractivity contribution in [1.29, 1.82) is 5.26 Å². The highest BCUT2D eigenvalue weighted by Gasteiger charge is 2.70. The van der Waals surface area contributed by atoms with Crippen molar-refractivity contribution < 1.29 is 39.2 Å². The fraction of sp³-hybridized carbons (Fsp3) is 0.391. The molecule has 3 N–H and O–H groups in total. The molecule has 0 radical (unpaired) electrons. The first kappa shape index (κ1) is 21.4. The molecular formula is C23H21NO8. The summed E-state index contributed by atoms with van der Waals surface area (Å²) < 4.78 is 9.93. The van der Waals surface area contributed by atoms with Crippen LogP contribution in [0.25, 0.3) is 0 Å². The number of aliphatic hydroxyl groups excluding tert-OH is 2. The third-order valence-electron chi connectivity index (χ3n) is 6.88. The Morgan fingerprint density at radius 2 is 1.84 bits per heavy atom. The fourth-order valence-corrected chi connectivity index (χ4v) is 5.73. The molecule has 0 spiro atoms. The van der Waals surface area contributed by atoms with E-state index in [4.69, 9.17) is 4.74 Å². The zero-order valence-electron chi connectivity index (χ0n) is 17.7. The van der Waals surface area contributed by atoms with Crippen LogP contribution in [0, 0.1) is 22.2 Å². The number of nitriles is 1. The molecule has 166 valence electrons. The number of aliphatic hydroxyl groups is 2. The monoisotopic (exact) mass is 439 g/mol. The Morgan fingerprint density at radius 1 is 1.16 bits per heavy atom. The van der Waals surface area contributed by atoms with Crippen molar-refractivity contribution in [2.24, 2.45) is 10.8 Å². The van der Waals surface area contributed by atoms with Crippen LogP contribution in [0.2, 0.25) is 0 Å². The van der Waals surface area contributed by atoms with Gasteiger partial charge < -0.3 is 24.8 Å². The number of nitrogens with zero attached hydrogens (tertiary/aromatic N) is 1. The molecular weight excluding hydrogens is 418 g/mol. The molecule has 0 saturated carbocycles. The standard InChI is InChI=1S/C23H21NO8/c1-21-7-11-5-4-6-13(25)15(11)17(27)16(21)19(29)23(32-20(30)31-3)18(28)12(9-24)14(26)8-22(23,2)10-21/h4-6,25-26,29H,7-8,10H2,1-3H3/t21-,22+,23+/m0/s1. The number of Topliss-reactive ketones (excluding diaryl/α,β-unsaturated/α-hetero) is 2. The lowest BCUT2D eigenvalue weighted by molar-refractivity contribution is -0.163. The Morgan fingerprint density at radius 3 is 2.47 bits per heavy atom. The van der Waals surface area contributed by atoms with Crippen molar-refractivity contribution >= 4 is 17.7 Å². The van der Waals surface area contributed by atoms with Crippen LogP contribution < -0.4 is 0 Å². The van der Waals surface area contributed by atoms with Crippen LogP contribution in [-0.4, -0.2) is 45.8 Å². The van der Waals surface area contributed by atoms with Crippen molar-refractivity contribution in [2.75, 3.05) is 7.11 Å². The molecule has 32 heavy (non-hydrogen) atoms. The number of phenols is 1. The van der Waals surface area contributed by atoms with E-state index in [-0.39, 0.29) is 36.1 Å². The molecule has 0 amide bonds. The molecule has 0 saturated heterocycles. The van der Waals surface area contributed by atoms with Gasteiger partial charge in [-0.1, -0.05) is 26.0 Å². The van der Waals surface area contributed by atoms with Gasteiger partial charge in [-0.3, -0.25) is 9.59 Å². The highest BCUT2D eigenvalue weighted by atomic mass is 16.7. The van der Waals surface area contributed by atoms with Crippen molar-refractivity contribution in [3.63, 3.8) is 0 Å². The van der Waals surface area contributed by atoms with Gasteiger partial charge in [-0.25, -0.2) is 4.79 Å². The van der Waals surface area contributed by atoms with Crippen LogP contribution >= 0.6 is 0 Å². The van der Waals surface area contributed by atoms with Crippen LogP contribution in [0.3, 0.4) is 0 Å². The minimum absolute atomic E-state index is 0.00880. The Bertz CT molecular complexity index is 1200. The van der Waals surface area contributed by atoms with E-state index in [0.717, 1.165) is 7.11 Å². The van der Waals surface area contributed by atoms with Gasteiger partial charge in [0.2, 0.25) is 11.4 Å². The quantitative estimate of drug-likeness (QED) is 0.560. The number of ether oxygens (including phenoxy) is 2. The smallest absolute Gasteiger partial charge is 0.509 e. The van der Waals surface area contributed by atoms with E-state index in [1.165, 1.54) is 6.07 Å². The summed E-state index contributed by atoms with van der Waals surface area (Å²) in [6, 6.07) is 6.23. The van der Waals surface area contributed by atoms with Crippen LogP contribution in [0.4, 0.5) is 4.79 Å². The number of rotatable bonds is 1. The first-order valence-corrected chi connectivity index (χ1v) is 9.89. The van der Waals surface area contributed by atoms with Crippen LogP contribution in [-0.2, 0) is 20.7 Å². The zero-order valence-corrected chi connectivity index (χ0v) is 17.7. The van der Waals surface area contributed by atoms with Gasteiger partial charge >= 0.3 is 6.16 Å². The number of methoxy groups -OCH3 is 1. The molecule has 0 aliphatic heterocycles. The van der Waals surface area contributed by atoms with Crippen molar-refractivity contribution in [1.82, 2.24) is 0 Å². The van der Waals surface area contributed by atoms with E-state index in [0.29, 0.717) is 5.56 Å². The summed E-state index contributed by atoms with van der Waals surface area (Å²) in [6.45, 7) is 3.26. The lowest BCUT2D eigenvalue weighted by atomic mass is 9.48. The molecule has 3 atom stereocenters. The SMILES string of the molecule is COC(=O)O[C@@]12C(=O)C(C#N)=C(O)C[C@]1(C)C[C@]1(C)Cc3cccc(O)c3C(=O)C1=C2O. The van der Waals surface area contributed by atoms with Crippen LogP contribution in [0.5, 0.6) is 5.75 Å². The van der Waals surface area contributed by atoms with E-state index >= 15 is 0 Å². The minimum atomic E-state index is -2.45. The molecule has 3 aliphatic rings. The maximum atomic E-state index is 13.5. The lowest BCUT2D eigenvalue weighted by Gasteiger charge is -2.56. The summed E-state index contributed by atoms with van der Waals surface area (Å²) in [6.07, 6.45) is -1.26. The maximum Gasteiger partial charge on any atom is 0.509 e. The molecule has 9 nitrogen and oxygen atoms in total. The molecule has 1 aromatic rings. The number of benzene rings is 1. The van der Waals surface area contributed by atoms with Crippen LogP contribution in [0.1, 0.15) is 42.6 Å². The van der Waals surface area contributed by atoms with Gasteiger partial charge in [0, 0.05) is 22.8 Å². The van der Waals surface area contributed by atoms with Gasteiger partial charge in [0.15, 0.2) is 11.5 Å². The zero-order chi connectivity index (χ0) is 23.6. The molecule has 4 rings (SSSR count). The largest absolute Gasteiger partial charge is 0.511 e. The lowest BCUT2D eigenvalue weighted by Crippen LogP contribution is -2.65. The number of carbonyl (C=O) groups is 3. The van der Waals surface area contributed by atoms with Gasteiger partial charge in [-0.15, -0.1) is 0 Å². The summed E-state index contributed by atoms with van der Waals surface area (Å²) in [5, 5.41) is 41.7. The van der Waals surface area contributed by atoms with Gasteiger partial charge in [0.05, 0.1) is 12.7 Å². The predicted molar refractivity (Wildman–Crippen MR) is 108 cm³/mol. The van der Waals surface area contributed by atoms with E-state index < -0.39 is 51.2 Å². The van der Waals surface area contributed by atoms with Crippen molar-refractivity contribution in [2.45, 2.75) is 38.7 Å². The number of carbonyl (C=O) groups excluding carboxylic acids is 3. The maximum absolute atomic E-state index is 13.5. The molecule has 0 unspecified atom stereocenters. The summed E-state index contributed by atoms with van der Waals surface area (Å²) >= 11 is 0. The molecule has 3 aliphatic carbocycles. The number of aromatic hydroxyl groups is 1. The number of fused-ring (bicyclic) bond motifs is 3. The fourth-order valence-electron chi connectivity index (χ4n) is 5.73. The van der Waals surface area contributed by atoms with Crippen LogP contribution in [0.15, 0.2) is 40.9 Å². The predicted octanol–water partition coefficient (Wildman–Crippen LogP) is 3.19. The highest BCUT2D eigenvalue weighted by molar-refractivity contribution is 6.16. The Labute approximate surface area is 183 Å². The first-order chi connectivity index (χ1) is 15.0. The second kappa shape index (κ2) is 6.60. The highest BCUT2D eigenvalue weighted by Crippen LogP contribution is 2.63.